The smallest absolute Gasteiger partial charge is 0.320 e. The van der Waals surface area contributed by atoms with Crippen LogP contribution in [-0.4, -0.2) is 72.2 Å². The van der Waals surface area contributed by atoms with Gasteiger partial charge < -0.3 is 25.5 Å². The van der Waals surface area contributed by atoms with Gasteiger partial charge in [-0.15, -0.1) is 11.3 Å². The number of thiophene rings is 1. The van der Waals surface area contributed by atoms with Crippen LogP contribution in [0.15, 0.2) is 11.4 Å². The Morgan fingerprint density at radius 3 is 3.00 bits per heavy atom. The van der Waals surface area contributed by atoms with Gasteiger partial charge in [-0.1, -0.05) is 0 Å². The quantitative estimate of drug-likeness (QED) is 0.705. The van der Waals surface area contributed by atoms with Crippen LogP contribution in [0.4, 0.5) is 4.79 Å². The van der Waals surface area contributed by atoms with Gasteiger partial charge in [0, 0.05) is 56.6 Å². The molecular weight excluding hydrogens is 364 g/mol. The molecule has 7 nitrogen and oxygen atoms in total. The fourth-order valence-corrected chi connectivity index (χ4v) is 5.17. The Bertz CT molecular complexity index is 694. The molecule has 2 fully saturated rings. The van der Waals surface area contributed by atoms with Gasteiger partial charge in [0.2, 0.25) is 5.91 Å². The van der Waals surface area contributed by atoms with Gasteiger partial charge in [-0.2, -0.15) is 0 Å². The van der Waals surface area contributed by atoms with E-state index in [1.54, 1.807) is 11.3 Å². The Balaban J connectivity index is 1.29. The molecule has 4 heterocycles. The number of aliphatic hydroxyl groups excluding tert-OH is 1. The largest absolute Gasteiger partial charge is 0.391 e. The van der Waals surface area contributed by atoms with Crippen molar-refractivity contribution < 1.29 is 14.7 Å². The Hall–Kier alpha value is -1.64. The van der Waals surface area contributed by atoms with E-state index in [-0.39, 0.29) is 23.8 Å². The highest BCUT2D eigenvalue weighted by atomic mass is 32.1. The lowest BCUT2D eigenvalue weighted by atomic mass is 9.96. The maximum atomic E-state index is 12.9. The molecule has 0 saturated carbocycles. The average molecular weight is 393 g/mol. The van der Waals surface area contributed by atoms with E-state index in [2.05, 4.69) is 22.1 Å². The van der Waals surface area contributed by atoms with Crippen LogP contribution < -0.4 is 10.6 Å². The summed E-state index contributed by atoms with van der Waals surface area (Å²) in [5, 5.41) is 18.1. The van der Waals surface area contributed by atoms with E-state index in [0.29, 0.717) is 26.2 Å². The van der Waals surface area contributed by atoms with Crippen LogP contribution in [0.25, 0.3) is 0 Å². The first-order chi connectivity index (χ1) is 13.1. The van der Waals surface area contributed by atoms with Crippen molar-refractivity contribution in [3.8, 4) is 0 Å². The minimum absolute atomic E-state index is 0.00497. The minimum Gasteiger partial charge on any atom is -0.391 e. The molecular formula is C19H28N4O3S. The molecule has 3 atom stereocenters. The van der Waals surface area contributed by atoms with E-state index in [4.69, 9.17) is 0 Å². The molecule has 0 aliphatic carbocycles. The zero-order valence-corrected chi connectivity index (χ0v) is 16.3. The summed E-state index contributed by atoms with van der Waals surface area (Å²) >= 11 is 1.77. The van der Waals surface area contributed by atoms with Crippen LogP contribution in [0.5, 0.6) is 0 Å². The van der Waals surface area contributed by atoms with Gasteiger partial charge in [-0.05, 0) is 36.3 Å². The molecule has 4 rings (SSSR count). The molecule has 0 bridgehead atoms. The first-order valence-corrected chi connectivity index (χ1v) is 10.8. The summed E-state index contributed by atoms with van der Waals surface area (Å²) in [7, 11) is 0. The number of amides is 3. The standard InChI is InChI=1S/C19H28N4O3S/c24-16-10-20-8-15(16)9-21-18(25)14-2-1-5-22(12-14)19(26)23-6-3-17-13(11-23)4-7-27-17/h4,7,14-16,20,24H,1-3,5-6,8-12H2,(H,21,25). The molecule has 3 aliphatic rings. The summed E-state index contributed by atoms with van der Waals surface area (Å²) in [5.41, 5.74) is 1.26. The second-order valence-electron chi connectivity index (χ2n) is 7.84. The second-order valence-corrected chi connectivity index (χ2v) is 8.84. The molecule has 3 aliphatic heterocycles. The number of rotatable bonds is 3. The number of piperidine rings is 1. The third-order valence-corrected chi connectivity index (χ3v) is 7.01. The maximum Gasteiger partial charge on any atom is 0.320 e. The van der Waals surface area contributed by atoms with Crippen molar-refractivity contribution >= 4 is 23.3 Å². The number of carbonyl (C=O) groups excluding carboxylic acids is 2. The molecule has 3 amide bonds. The van der Waals surface area contributed by atoms with E-state index in [0.717, 1.165) is 38.9 Å². The summed E-state index contributed by atoms with van der Waals surface area (Å²) in [6.07, 6.45) is 2.20. The first-order valence-electron chi connectivity index (χ1n) is 9.87. The molecule has 1 aromatic rings. The lowest BCUT2D eigenvalue weighted by Crippen LogP contribution is -2.51. The van der Waals surface area contributed by atoms with Gasteiger partial charge in [0.1, 0.15) is 0 Å². The van der Waals surface area contributed by atoms with Crippen LogP contribution >= 0.6 is 11.3 Å². The number of aliphatic hydroxyl groups is 1. The monoisotopic (exact) mass is 392 g/mol. The van der Waals surface area contributed by atoms with E-state index in [9.17, 15) is 14.7 Å². The number of fused-ring (bicyclic) bond motifs is 1. The zero-order valence-electron chi connectivity index (χ0n) is 15.5. The summed E-state index contributed by atoms with van der Waals surface area (Å²) in [4.78, 5) is 30.7. The van der Waals surface area contributed by atoms with Crippen molar-refractivity contribution in [3.05, 3.63) is 21.9 Å². The summed E-state index contributed by atoms with van der Waals surface area (Å²) < 4.78 is 0. The molecule has 0 radical (unpaired) electrons. The van der Waals surface area contributed by atoms with E-state index < -0.39 is 6.10 Å². The molecule has 3 N–H and O–H groups in total. The van der Waals surface area contributed by atoms with Gasteiger partial charge in [0.05, 0.1) is 12.0 Å². The fraction of sp³-hybridized carbons (Fsp3) is 0.684. The van der Waals surface area contributed by atoms with Crippen molar-refractivity contribution in [2.24, 2.45) is 11.8 Å². The molecule has 1 aromatic heterocycles. The molecule has 8 heteroatoms. The van der Waals surface area contributed by atoms with Gasteiger partial charge in [0.15, 0.2) is 0 Å². The Morgan fingerprint density at radius 2 is 2.19 bits per heavy atom. The normalized spacial score (nSPS) is 28.1. The van der Waals surface area contributed by atoms with Crippen LogP contribution in [0, 0.1) is 11.8 Å². The number of carbonyl (C=O) groups is 2. The Labute approximate surface area is 163 Å². The molecule has 27 heavy (non-hydrogen) atoms. The van der Waals surface area contributed by atoms with Crippen LogP contribution in [0.1, 0.15) is 23.3 Å². The maximum absolute atomic E-state index is 12.9. The highest BCUT2D eigenvalue weighted by Gasteiger charge is 2.33. The third-order valence-electron chi connectivity index (χ3n) is 5.98. The van der Waals surface area contributed by atoms with Crippen molar-refractivity contribution in [2.75, 3.05) is 39.3 Å². The number of nitrogens with zero attached hydrogens (tertiary/aromatic N) is 2. The Morgan fingerprint density at radius 1 is 1.30 bits per heavy atom. The number of β-amino-alcohol motifs (C(OH)–C–C–N with tert-alkyl or cyclic N) is 1. The van der Waals surface area contributed by atoms with Gasteiger partial charge in [-0.25, -0.2) is 4.79 Å². The number of hydrogen-bond donors (Lipinski definition) is 3. The van der Waals surface area contributed by atoms with Gasteiger partial charge >= 0.3 is 6.03 Å². The number of likely N-dealkylation sites (tertiary alicyclic amines) is 1. The van der Waals surface area contributed by atoms with Crippen molar-refractivity contribution in [3.63, 3.8) is 0 Å². The predicted octanol–water partition coefficient (Wildman–Crippen LogP) is 0.635. The number of nitrogens with one attached hydrogen (secondary N) is 2. The number of hydrogen-bond acceptors (Lipinski definition) is 5. The van der Waals surface area contributed by atoms with Crippen LogP contribution in [-0.2, 0) is 17.8 Å². The van der Waals surface area contributed by atoms with Crippen molar-refractivity contribution in [1.82, 2.24) is 20.4 Å². The molecule has 0 aromatic carbocycles. The number of urea groups is 1. The molecule has 2 saturated heterocycles. The zero-order chi connectivity index (χ0) is 18.8. The second kappa shape index (κ2) is 8.16. The highest BCUT2D eigenvalue weighted by molar-refractivity contribution is 7.10. The minimum atomic E-state index is -0.393. The summed E-state index contributed by atoms with van der Waals surface area (Å²) in [5.74, 6) is -0.0792. The van der Waals surface area contributed by atoms with Crippen LogP contribution in [0.2, 0.25) is 0 Å². The van der Waals surface area contributed by atoms with Crippen molar-refractivity contribution in [2.45, 2.75) is 31.9 Å². The van der Waals surface area contributed by atoms with E-state index >= 15 is 0 Å². The third kappa shape index (κ3) is 4.12. The first kappa shape index (κ1) is 18.7. The SMILES string of the molecule is O=C(NCC1CNCC1O)C1CCCN(C(=O)N2CCc3sccc3C2)C1. The summed E-state index contributed by atoms with van der Waals surface area (Å²) in [6, 6.07) is 2.16. The Kier molecular flexibility index (Phi) is 5.66. The van der Waals surface area contributed by atoms with Gasteiger partial charge in [0.25, 0.3) is 0 Å². The molecule has 0 spiro atoms. The lowest BCUT2D eigenvalue weighted by Gasteiger charge is -2.37. The topological polar surface area (TPSA) is 84.9 Å². The predicted molar refractivity (Wildman–Crippen MR) is 104 cm³/mol. The fourth-order valence-electron chi connectivity index (χ4n) is 4.28. The van der Waals surface area contributed by atoms with E-state index in [1.165, 1.54) is 10.4 Å². The highest BCUT2D eigenvalue weighted by Crippen LogP contribution is 2.26. The van der Waals surface area contributed by atoms with Gasteiger partial charge in [-0.3, -0.25) is 4.79 Å². The van der Waals surface area contributed by atoms with E-state index in [1.807, 2.05) is 9.80 Å². The van der Waals surface area contributed by atoms with Crippen molar-refractivity contribution in [1.29, 1.82) is 0 Å². The molecule has 148 valence electrons. The van der Waals surface area contributed by atoms with Crippen LogP contribution in [0.3, 0.4) is 0 Å². The molecule has 3 unspecified atom stereocenters. The lowest BCUT2D eigenvalue weighted by molar-refractivity contribution is -0.126. The summed E-state index contributed by atoms with van der Waals surface area (Å²) in [6.45, 7) is 4.46. The average Bonchev–Trinajstić information content (AvgIpc) is 3.33.